The lowest BCUT2D eigenvalue weighted by Gasteiger charge is -2.43. The summed E-state index contributed by atoms with van der Waals surface area (Å²) in [5, 5.41) is 3.04. The van der Waals surface area contributed by atoms with Gasteiger partial charge in [-0.3, -0.25) is 9.69 Å². The van der Waals surface area contributed by atoms with Crippen LogP contribution in [0.25, 0.3) is 0 Å². The molecule has 5 heteroatoms. The highest BCUT2D eigenvalue weighted by molar-refractivity contribution is 6.19. The van der Waals surface area contributed by atoms with Crippen molar-refractivity contribution in [1.29, 1.82) is 0 Å². The van der Waals surface area contributed by atoms with Crippen LogP contribution in [-0.2, 0) is 4.79 Å². The van der Waals surface area contributed by atoms with E-state index in [2.05, 4.69) is 36.0 Å². The van der Waals surface area contributed by atoms with E-state index in [0.29, 0.717) is 12.4 Å². The zero-order valence-electron chi connectivity index (χ0n) is 12.9. The fourth-order valence-corrected chi connectivity index (χ4v) is 2.24. The van der Waals surface area contributed by atoms with Crippen LogP contribution in [0.3, 0.4) is 0 Å². The van der Waals surface area contributed by atoms with Crippen molar-refractivity contribution in [2.75, 3.05) is 45.7 Å². The summed E-state index contributed by atoms with van der Waals surface area (Å²) in [7, 11) is 2.15. The Bertz CT molecular complexity index is 310. The van der Waals surface area contributed by atoms with Crippen molar-refractivity contribution in [3.63, 3.8) is 0 Å². The minimum atomic E-state index is -0.500. The van der Waals surface area contributed by atoms with Crippen molar-refractivity contribution in [2.24, 2.45) is 5.41 Å². The summed E-state index contributed by atoms with van der Waals surface area (Å²) in [6.45, 7) is 13.1. The second-order valence-corrected chi connectivity index (χ2v) is 7.07. The molecule has 1 amide bonds. The topological polar surface area (TPSA) is 35.6 Å². The molecule has 0 aromatic rings. The molecule has 0 saturated carbocycles. The van der Waals surface area contributed by atoms with Crippen LogP contribution in [0.4, 0.5) is 0 Å². The normalized spacial score (nSPS) is 19.5. The third-order valence-electron chi connectivity index (χ3n) is 3.99. The number of carbonyl (C=O) groups excluding carboxylic acids is 1. The molecule has 1 aliphatic rings. The first kappa shape index (κ1) is 16.7. The maximum absolute atomic E-state index is 12.1. The molecule has 0 aromatic heterocycles. The quantitative estimate of drug-likeness (QED) is 0.777. The Balaban J connectivity index is 2.49. The van der Waals surface area contributed by atoms with Gasteiger partial charge in [0.05, 0.1) is 5.41 Å². The minimum absolute atomic E-state index is 0.0146. The van der Waals surface area contributed by atoms with Crippen molar-refractivity contribution >= 4 is 17.5 Å². The predicted octanol–water partition coefficient (Wildman–Crippen LogP) is 1.39. The Hall–Kier alpha value is -0.320. The van der Waals surface area contributed by atoms with Crippen LogP contribution in [0.5, 0.6) is 0 Å². The van der Waals surface area contributed by atoms with Gasteiger partial charge in [-0.2, -0.15) is 0 Å². The van der Waals surface area contributed by atoms with Gasteiger partial charge in [-0.1, -0.05) is 0 Å². The van der Waals surface area contributed by atoms with Crippen molar-refractivity contribution < 1.29 is 4.79 Å². The van der Waals surface area contributed by atoms with Gasteiger partial charge in [-0.15, -0.1) is 11.6 Å². The van der Waals surface area contributed by atoms with Crippen LogP contribution in [0.15, 0.2) is 0 Å². The maximum atomic E-state index is 12.1. The molecular formula is C14H28ClN3O. The Morgan fingerprint density at radius 2 is 1.68 bits per heavy atom. The molecule has 1 N–H and O–H groups in total. The lowest BCUT2D eigenvalue weighted by atomic mass is 9.94. The molecule has 4 nitrogen and oxygen atoms in total. The van der Waals surface area contributed by atoms with Gasteiger partial charge in [0.15, 0.2) is 0 Å². The number of nitrogens with zero attached hydrogens (tertiary/aromatic N) is 2. The average molecular weight is 290 g/mol. The molecule has 0 atom stereocenters. The number of hydrogen-bond donors (Lipinski definition) is 1. The number of likely N-dealkylation sites (N-methyl/N-ethyl adjacent to an activating group) is 1. The lowest BCUT2D eigenvalue weighted by Crippen LogP contribution is -2.58. The van der Waals surface area contributed by atoms with Gasteiger partial charge >= 0.3 is 0 Å². The third-order valence-corrected chi connectivity index (χ3v) is 4.66. The molecule has 1 saturated heterocycles. The molecule has 1 rings (SSSR count). The Morgan fingerprint density at radius 3 is 2.16 bits per heavy atom. The number of amides is 1. The van der Waals surface area contributed by atoms with E-state index in [-0.39, 0.29) is 11.4 Å². The molecule has 0 aromatic carbocycles. The summed E-state index contributed by atoms with van der Waals surface area (Å²) in [6, 6.07) is 0. The van der Waals surface area contributed by atoms with Crippen molar-refractivity contribution in [2.45, 2.75) is 33.2 Å². The van der Waals surface area contributed by atoms with E-state index in [1.54, 1.807) is 0 Å². The predicted molar refractivity (Wildman–Crippen MR) is 80.7 cm³/mol. The molecule has 1 aliphatic heterocycles. The monoisotopic (exact) mass is 289 g/mol. The van der Waals surface area contributed by atoms with Crippen LogP contribution in [0, 0.1) is 5.41 Å². The molecular weight excluding hydrogens is 262 g/mol. The van der Waals surface area contributed by atoms with E-state index >= 15 is 0 Å². The molecule has 0 bridgehead atoms. The van der Waals surface area contributed by atoms with E-state index in [1.807, 2.05) is 13.8 Å². The first-order valence-corrected chi connectivity index (χ1v) is 7.50. The number of hydrogen-bond acceptors (Lipinski definition) is 3. The van der Waals surface area contributed by atoms with Gasteiger partial charge in [0.2, 0.25) is 5.91 Å². The Labute approximate surface area is 122 Å². The van der Waals surface area contributed by atoms with Gasteiger partial charge in [-0.05, 0) is 34.7 Å². The molecule has 1 fully saturated rings. The van der Waals surface area contributed by atoms with E-state index in [0.717, 1.165) is 26.2 Å². The fourth-order valence-electron chi connectivity index (χ4n) is 2.12. The van der Waals surface area contributed by atoms with Gasteiger partial charge in [0.1, 0.15) is 0 Å². The SMILES string of the molecule is CN1CCN(C(C)(C)CNC(=O)C(C)(C)CCl)CC1. The smallest absolute Gasteiger partial charge is 0.226 e. The van der Waals surface area contributed by atoms with Gasteiger partial charge in [-0.25, -0.2) is 0 Å². The van der Waals surface area contributed by atoms with Crippen LogP contribution < -0.4 is 5.32 Å². The van der Waals surface area contributed by atoms with Crippen LogP contribution in [0.2, 0.25) is 0 Å². The van der Waals surface area contributed by atoms with E-state index in [1.165, 1.54) is 0 Å². The highest BCUT2D eigenvalue weighted by atomic mass is 35.5. The summed E-state index contributed by atoms with van der Waals surface area (Å²) in [6.07, 6.45) is 0. The van der Waals surface area contributed by atoms with Gasteiger partial charge < -0.3 is 10.2 Å². The lowest BCUT2D eigenvalue weighted by molar-refractivity contribution is -0.129. The molecule has 0 aliphatic carbocycles. The Kier molecular flexibility index (Phi) is 5.65. The Morgan fingerprint density at radius 1 is 1.16 bits per heavy atom. The van der Waals surface area contributed by atoms with Crippen molar-refractivity contribution in [1.82, 2.24) is 15.1 Å². The number of piperazine rings is 1. The average Bonchev–Trinajstić information content (AvgIpc) is 2.36. The minimum Gasteiger partial charge on any atom is -0.354 e. The highest BCUT2D eigenvalue weighted by Gasteiger charge is 2.32. The van der Waals surface area contributed by atoms with E-state index in [4.69, 9.17) is 11.6 Å². The van der Waals surface area contributed by atoms with Crippen molar-refractivity contribution in [3.05, 3.63) is 0 Å². The van der Waals surface area contributed by atoms with Gasteiger partial charge in [0, 0.05) is 44.1 Å². The zero-order chi connectivity index (χ0) is 14.7. The number of halogens is 1. The van der Waals surface area contributed by atoms with Crippen LogP contribution in [0.1, 0.15) is 27.7 Å². The first-order valence-electron chi connectivity index (χ1n) is 6.97. The van der Waals surface area contributed by atoms with Crippen LogP contribution in [-0.4, -0.2) is 66.9 Å². The number of rotatable bonds is 5. The number of carbonyl (C=O) groups is 1. The molecule has 1 heterocycles. The molecule has 0 unspecified atom stereocenters. The number of alkyl halides is 1. The molecule has 19 heavy (non-hydrogen) atoms. The van der Waals surface area contributed by atoms with Crippen molar-refractivity contribution in [3.8, 4) is 0 Å². The second kappa shape index (κ2) is 6.42. The maximum Gasteiger partial charge on any atom is 0.226 e. The zero-order valence-corrected chi connectivity index (χ0v) is 13.7. The fraction of sp³-hybridized carbons (Fsp3) is 0.929. The summed E-state index contributed by atoms with van der Waals surface area (Å²) in [5.74, 6) is 0.373. The van der Waals surface area contributed by atoms with E-state index < -0.39 is 5.41 Å². The largest absolute Gasteiger partial charge is 0.354 e. The standard InChI is InChI=1S/C14H28ClN3O/c1-13(2,10-15)12(19)16-11-14(3,4)18-8-6-17(5)7-9-18/h6-11H2,1-5H3,(H,16,19). The first-order chi connectivity index (χ1) is 8.69. The summed E-state index contributed by atoms with van der Waals surface area (Å²) in [4.78, 5) is 16.8. The summed E-state index contributed by atoms with van der Waals surface area (Å²) in [5.41, 5.74) is -0.515. The summed E-state index contributed by atoms with van der Waals surface area (Å²) >= 11 is 5.83. The van der Waals surface area contributed by atoms with Crippen LogP contribution >= 0.6 is 11.6 Å². The molecule has 0 radical (unpaired) electrons. The summed E-state index contributed by atoms with van der Waals surface area (Å²) < 4.78 is 0. The third kappa shape index (κ3) is 4.62. The van der Waals surface area contributed by atoms with Gasteiger partial charge in [0.25, 0.3) is 0 Å². The number of nitrogens with one attached hydrogen (secondary N) is 1. The highest BCUT2D eigenvalue weighted by Crippen LogP contribution is 2.19. The van der Waals surface area contributed by atoms with E-state index in [9.17, 15) is 4.79 Å². The second-order valence-electron chi connectivity index (χ2n) is 6.80. The molecule has 0 spiro atoms. The molecule has 112 valence electrons.